The molecule has 4 rings (SSSR count). The lowest BCUT2D eigenvalue weighted by Crippen LogP contribution is -2.30. The molecule has 2 amide bonds. The molecule has 5 nitrogen and oxygen atoms in total. The number of benzene rings is 3. The Morgan fingerprint density at radius 1 is 1.06 bits per heavy atom. The highest BCUT2D eigenvalue weighted by atomic mass is 79.9. The van der Waals surface area contributed by atoms with Crippen molar-refractivity contribution in [2.24, 2.45) is 0 Å². The smallest absolute Gasteiger partial charge is 0.269 e. The molecule has 0 spiro atoms. The second kappa shape index (κ2) is 10.3. The molecule has 0 aliphatic carbocycles. The first kappa shape index (κ1) is 23.8. The third-order valence-corrected chi connectivity index (χ3v) is 7.19. The maximum atomic E-state index is 13.5. The largest absolute Gasteiger partial charge is 0.321 e. The number of nitrogens with zero attached hydrogens (tertiary/aromatic N) is 2. The van der Waals surface area contributed by atoms with Gasteiger partial charge in [-0.15, -0.1) is 0 Å². The fraction of sp³-hybridized carbons (Fsp3) is 0.148. The van der Waals surface area contributed by atoms with Crippen LogP contribution >= 0.6 is 27.7 Å². The topological polar surface area (TPSA) is 73.2 Å². The highest BCUT2D eigenvalue weighted by Gasteiger charge is 2.40. The molecule has 1 saturated heterocycles. The van der Waals surface area contributed by atoms with Crippen molar-refractivity contribution in [1.82, 2.24) is 0 Å². The summed E-state index contributed by atoms with van der Waals surface area (Å²) in [5.41, 5.74) is 4.32. The maximum absolute atomic E-state index is 13.5. The monoisotopic (exact) mass is 531 g/mol. The van der Waals surface area contributed by atoms with Crippen LogP contribution in [-0.4, -0.2) is 17.1 Å². The molecule has 7 heteroatoms. The van der Waals surface area contributed by atoms with Gasteiger partial charge in [-0.05, 0) is 62.2 Å². The average Bonchev–Trinajstić information content (AvgIpc) is 3.12. The summed E-state index contributed by atoms with van der Waals surface area (Å²) in [6.45, 7) is 3.97. The van der Waals surface area contributed by atoms with E-state index in [1.807, 2.05) is 62.4 Å². The fourth-order valence-electron chi connectivity index (χ4n) is 3.70. The Kier molecular flexibility index (Phi) is 7.20. The standard InChI is InChI=1S/C27H22BrN3O2S/c1-17-6-10-21(11-7-17)30-25(32)23(16-29)27-31(22-12-8-20(28)9-13-22)26(33)24(34-27)15-19-5-3-4-18(2)14-19/h3-14,24H,15H2,1-2H3,(H,30,32)/b27-23-/t24-/m1/s1. The molecule has 0 bridgehead atoms. The van der Waals surface area contributed by atoms with Crippen LogP contribution in [-0.2, 0) is 16.0 Å². The number of anilines is 2. The van der Waals surface area contributed by atoms with Crippen LogP contribution < -0.4 is 10.2 Å². The first-order valence-corrected chi connectivity index (χ1v) is 12.4. The van der Waals surface area contributed by atoms with Gasteiger partial charge in [-0.25, -0.2) is 0 Å². The Morgan fingerprint density at radius 3 is 2.41 bits per heavy atom. The van der Waals surface area contributed by atoms with E-state index in [9.17, 15) is 14.9 Å². The molecule has 1 atom stereocenters. The van der Waals surface area contributed by atoms with E-state index in [1.165, 1.54) is 16.7 Å². The summed E-state index contributed by atoms with van der Waals surface area (Å²) in [6, 6.07) is 24.6. The van der Waals surface area contributed by atoms with Gasteiger partial charge in [0.05, 0.1) is 5.25 Å². The van der Waals surface area contributed by atoms with E-state index in [4.69, 9.17) is 0 Å². The SMILES string of the molecule is Cc1ccc(NC(=O)/C(C#N)=C2\S[C@H](Cc3cccc(C)c3)C(=O)N2c2ccc(Br)cc2)cc1. The van der Waals surface area contributed by atoms with Crippen LogP contribution in [0.5, 0.6) is 0 Å². The Balaban J connectivity index is 1.72. The van der Waals surface area contributed by atoms with Crippen molar-refractivity contribution in [3.05, 3.63) is 105 Å². The van der Waals surface area contributed by atoms with Gasteiger partial charge >= 0.3 is 0 Å². The van der Waals surface area contributed by atoms with Crippen molar-refractivity contribution in [3.8, 4) is 6.07 Å². The van der Waals surface area contributed by atoms with Gasteiger partial charge in [0.1, 0.15) is 16.7 Å². The molecule has 1 N–H and O–H groups in total. The minimum Gasteiger partial charge on any atom is -0.321 e. The molecule has 170 valence electrons. The highest BCUT2D eigenvalue weighted by Crippen LogP contribution is 2.42. The third-order valence-electron chi connectivity index (χ3n) is 5.40. The molecule has 0 unspecified atom stereocenters. The highest BCUT2D eigenvalue weighted by molar-refractivity contribution is 9.10. The zero-order valence-corrected chi connectivity index (χ0v) is 21.1. The lowest BCUT2D eigenvalue weighted by molar-refractivity contribution is -0.117. The van der Waals surface area contributed by atoms with E-state index < -0.39 is 11.2 Å². The molecule has 1 heterocycles. The molecular weight excluding hydrogens is 510 g/mol. The first-order valence-electron chi connectivity index (χ1n) is 10.7. The number of amides is 2. The molecule has 34 heavy (non-hydrogen) atoms. The van der Waals surface area contributed by atoms with E-state index in [0.717, 1.165) is 21.2 Å². The lowest BCUT2D eigenvalue weighted by Gasteiger charge is -2.19. The predicted molar refractivity (Wildman–Crippen MR) is 140 cm³/mol. The van der Waals surface area contributed by atoms with E-state index in [-0.39, 0.29) is 11.5 Å². The zero-order chi connectivity index (χ0) is 24.2. The number of hydrogen-bond acceptors (Lipinski definition) is 4. The van der Waals surface area contributed by atoms with Crippen molar-refractivity contribution in [2.45, 2.75) is 25.5 Å². The summed E-state index contributed by atoms with van der Waals surface area (Å²) in [6.07, 6.45) is 0.500. The predicted octanol–water partition coefficient (Wildman–Crippen LogP) is 6.13. The number of nitrogens with one attached hydrogen (secondary N) is 1. The molecule has 0 saturated carbocycles. The summed E-state index contributed by atoms with van der Waals surface area (Å²) >= 11 is 4.68. The lowest BCUT2D eigenvalue weighted by atomic mass is 10.1. The van der Waals surface area contributed by atoms with Crippen LogP contribution in [0, 0.1) is 25.2 Å². The normalized spacial score (nSPS) is 16.8. The van der Waals surface area contributed by atoms with Gasteiger partial charge in [0.25, 0.3) is 5.91 Å². The van der Waals surface area contributed by atoms with Crippen LogP contribution in [0.2, 0.25) is 0 Å². The maximum Gasteiger partial charge on any atom is 0.269 e. The van der Waals surface area contributed by atoms with E-state index in [1.54, 1.807) is 24.3 Å². The Hall–Kier alpha value is -3.34. The van der Waals surface area contributed by atoms with Gasteiger partial charge in [0.15, 0.2) is 0 Å². The number of hydrogen-bond donors (Lipinski definition) is 1. The molecule has 1 fully saturated rings. The number of rotatable bonds is 5. The number of carbonyl (C=O) groups excluding carboxylic acids is 2. The molecule has 0 aromatic heterocycles. The summed E-state index contributed by atoms with van der Waals surface area (Å²) in [4.78, 5) is 28.2. The number of halogens is 1. The van der Waals surface area contributed by atoms with Crippen molar-refractivity contribution < 1.29 is 9.59 Å². The van der Waals surface area contributed by atoms with Crippen LogP contribution in [0.1, 0.15) is 16.7 Å². The van der Waals surface area contributed by atoms with Crippen molar-refractivity contribution >= 4 is 50.9 Å². The molecule has 3 aromatic rings. The molecule has 1 aliphatic heterocycles. The van der Waals surface area contributed by atoms with E-state index in [2.05, 4.69) is 27.3 Å². The first-order chi connectivity index (χ1) is 16.4. The molecule has 1 aliphatic rings. The minimum absolute atomic E-state index is 0.0893. The summed E-state index contributed by atoms with van der Waals surface area (Å²) in [7, 11) is 0. The van der Waals surface area contributed by atoms with Crippen LogP contribution in [0.15, 0.2) is 87.9 Å². The van der Waals surface area contributed by atoms with E-state index in [0.29, 0.717) is 22.8 Å². The van der Waals surface area contributed by atoms with Gasteiger partial charge in [0.2, 0.25) is 5.91 Å². The average molecular weight is 532 g/mol. The summed E-state index contributed by atoms with van der Waals surface area (Å²) in [5, 5.41) is 12.6. The summed E-state index contributed by atoms with van der Waals surface area (Å²) in [5.74, 6) is -0.695. The van der Waals surface area contributed by atoms with Crippen molar-refractivity contribution in [3.63, 3.8) is 0 Å². The third kappa shape index (κ3) is 5.24. The van der Waals surface area contributed by atoms with Gasteiger partial charge in [0, 0.05) is 15.8 Å². The Morgan fingerprint density at radius 2 is 1.76 bits per heavy atom. The van der Waals surface area contributed by atoms with Gasteiger partial charge in [-0.1, -0.05) is 75.2 Å². The molecular formula is C27H22BrN3O2S. The quantitative estimate of drug-likeness (QED) is 0.317. The number of aryl methyl sites for hydroxylation is 2. The molecule has 3 aromatic carbocycles. The summed E-state index contributed by atoms with van der Waals surface area (Å²) < 4.78 is 0.870. The number of thioether (sulfide) groups is 1. The van der Waals surface area contributed by atoms with Gasteiger partial charge in [-0.3, -0.25) is 14.5 Å². The van der Waals surface area contributed by atoms with Crippen molar-refractivity contribution in [2.75, 3.05) is 10.2 Å². The van der Waals surface area contributed by atoms with Crippen LogP contribution in [0.4, 0.5) is 11.4 Å². The van der Waals surface area contributed by atoms with Crippen LogP contribution in [0.3, 0.4) is 0 Å². The Bertz CT molecular complexity index is 1310. The zero-order valence-electron chi connectivity index (χ0n) is 18.7. The number of carbonyl (C=O) groups is 2. The second-order valence-electron chi connectivity index (χ2n) is 8.06. The van der Waals surface area contributed by atoms with Crippen molar-refractivity contribution in [1.29, 1.82) is 5.26 Å². The number of nitriles is 1. The molecule has 0 radical (unpaired) electrons. The van der Waals surface area contributed by atoms with E-state index >= 15 is 0 Å². The van der Waals surface area contributed by atoms with Gasteiger partial charge in [-0.2, -0.15) is 5.26 Å². The Labute approximate surface area is 211 Å². The fourth-order valence-corrected chi connectivity index (χ4v) is 5.27. The second-order valence-corrected chi connectivity index (χ2v) is 10.2. The van der Waals surface area contributed by atoms with Crippen LogP contribution in [0.25, 0.3) is 0 Å². The minimum atomic E-state index is -0.542. The van der Waals surface area contributed by atoms with Gasteiger partial charge < -0.3 is 5.32 Å².